The lowest BCUT2D eigenvalue weighted by Crippen LogP contribution is -2.29. The van der Waals surface area contributed by atoms with E-state index in [1.807, 2.05) is 18.2 Å². The molecule has 1 saturated heterocycles. The highest BCUT2D eigenvalue weighted by Gasteiger charge is 2.46. The summed E-state index contributed by atoms with van der Waals surface area (Å²) in [6.07, 6.45) is 3.10. The molecule has 1 N–H and O–H groups in total. The zero-order valence-electron chi connectivity index (χ0n) is 16.7. The molecule has 6 nitrogen and oxygen atoms in total. The smallest absolute Gasteiger partial charge is 0.295 e. The molecule has 1 aromatic heterocycles. The minimum Gasteiger partial charge on any atom is -0.507 e. The molecule has 1 atom stereocenters. The summed E-state index contributed by atoms with van der Waals surface area (Å²) >= 11 is 0. The monoisotopic (exact) mass is 418 g/mol. The van der Waals surface area contributed by atoms with Crippen molar-refractivity contribution in [1.29, 1.82) is 0 Å². The van der Waals surface area contributed by atoms with Gasteiger partial charge >= 0.3 is 0 Å². The molecule has 2 aromatic carbocycles. The summed E-state index contributed by atoms with van der Waals surface area (Å²) in [7, 11) is 1.53. The largest absolute Gasteiger partial charge is 0.507 e. The van der Waals surface area contributed by atoms with E-state index in [0.717, 1.165) is 0 Å². The standard InChI is InChI=1S/C24H19FN2O4/c1-31-19-5-3-2-4-17(19)14-27-21(15-10-12-26-13-11-15)20(23(29)24(27)30)22(28)16-6-8-18(25)9-7-16/h2-13,21,28H,14H2,1H3/b22-20+. The maximum absolute atomic E-state index is 13.3. The van der Waals surface area contributed by atoms with Crippen LogP contribution in [0.2, 0.25) is 0 Å². The molecule has 0 aliphatic carbocycles. The Kier molecular flexibility index (Phi) is 5.49. The Morgan fingerprint density at radius 2 is 1.74 bits per heavy atom. The van der Waals surface area contributed by atoms with Crippen LogP contribution in [-0.2, 0) is 16.1 Å². The molecule has 31 heavy (non-hydrogen) atoms. The molecule has 3 aromatic rings. The van der Waals surface area contributed by atoms with Gasteiger partial charge in [0.25, 0.3) is 11.7 Å². The van der Waals surface area contributed by atoms with Crippen molar-refractivity contribution in [3.8, 4) is 5.75 Å². The fourth-order valence-electron chi connectivity index (χ4n) is 3.72. The van der Waals surface area contributed by atoms with Gasteiger partial charge in [-0.25, -0.2) is 4.39 Å². The second kappa shape index (κ2) is 8.39. The lowest BCUT2D eigenvalue weighted by atomic mass is 9.96. The van der Waals surface area contributed by atoms with E-state index in [2.05, 4.69) is 4.98 Å². The number of rotatable bonds is 5. The first kappa shape index (κ1) is 20.3. The minimum absolute atomic E-state index is 0.0577. The number of nitrogens with zero attached hydrogens (tertiary/aromatic N) is 2. The van der Waals surface area contributed by atoms with Crippen LogP contribution in [0.4, 0.5) is 4.39 Å². The number of aromatic nitrogens is 1. The van der Waals surface area contributed by atoms with E-state index in [1.165, 1.54) is 36.3 Å². The number of carbonyl (C=O) groups excluding carboxylic acids is 2. The third-order valence-corrected chi connectivity index (χ3v) is 5.21. The predicted molar refractivity (Wildman–Crippen MR) is 111 cm³/mol. The first-order valence-electron chi connectivity index (χ1n) is 9.57. The van der Waals surface area contributed by atoms with Crippen LogP contribution in [0.5, 0.6) is 5.75 Å². The van der Waals surface area contributed by atoms with E-state index in [-0.39, 0.29) is 23.4 Å². The van der Waals surface area contributed by atoms with E-state index in [0.29, 0.717) is 16.9 Å². The molecule has 7 heteroatoms. The fourth-order valence-corrected chi connectivity index (χ4v) is 3.72. The molecule has 1 aliphatic heterocycles. The van der Waals surface area contributed by atoms with E-state index in [9.17, 15) is 19.1 Å². The van der Waals surface area contributed by atoms with Crippen molar-refractivity contribution in [3.05, 3.63) is 101 Å². The molecule has 2 heterocycles. The van der Waals surface area contributed by atoms with Gasteiger partial charge in [-0.3, -0.25) is 14.6 Å². The molecule has 1 unspecified atom stereocenters. The molecular weight excluding hydrogens is 399 g/mol. The van der Waals surface area contributed by atoms with E-state index in [4.69, 9.17) is 4.74 Å². The van der Waals surface area contributed by atoms with Crippen LogP contribution in [0.25, 0.3) is 5.76 Å². The number of hydrogen-bond acceptors (Lipinski definition) is 5. The Balaban J connectivity index is 1.85. The number of aliphatic hydroxyl groups excluding tert-OH is 1. The average Bonchev–Trinajstić information content (AvgIpc) is 3.05. The second-order valence-electron chi connectivity index (χ2n) is 7.03. The first-order valence-corrected chi connectivity index (χ1v) is 9.57. The first-order chi connectivity index (χ1) is 15.0. The number of carbonyl (C=O) groups is 2. The number of ether oxygens (including phenoxy) is 1. The molecule has 0 spiro atoms. The fraction of sp³-hybridized carbons (Fsp3) is 0.125. The summed E-state index contributed by atoms with van der Waals surface area (Å²) in [5, 5.41) is 10.9. The van der Waals surface area contributed by atoms with Crippen LogP contribution in [0, 0.1) is 5.82 Å². The van der Waals surface area contributed by atoms with Crippen LogP contribution >= 0.6 is 0 Å². The van der Waals surface area contributed by atoms with Crippen molar-refractivity contribution >= 4 is 17.4 Å². The van der Waals surface area contributed by atoms with Crippen LogP contribution in [0.1, 0.15) is 22.7 Å². The number of hydrogen-bond donors (Lipinski definition) is 1. The number of methoxy groups -OCH3 is 1. The van der Waals surface area contributed by atoms with Gasteiger partial charge in [-0.1, -0.05) is 18.2 Å². The maximum Gasteiger partial charge on any atom is 0.295 e. The minimum atomic E-state index is -0.835. The SMILES string of the molecule is COc1ccccc1CN1C(=O)C(=O)/C(=C(/O)c2ccc(F)cc2)C1c1ccncc1. The third-order valence-electron chi connectivity index (χ3n) is 5.21. The van der Waals surface area contributed by atoms with Gasteiger partial charge in [0, 0.05) is 23.5 Å². The number of Topliss-reactive ketones (excluding diaryl/α,β-unsaturated/α-hetero) is 1. The van der Waals surface area contributed by atoms with Gasteiger partial charge in [-0.05, 0) is 48.0 Å². The van der Waals surface area contributed by atoms with Gasteiger partial charge in [0.1, 0.15) is 17.3 Å². The zero-order valence-corrected chi connectivity index (χ0v) is 16.7. The third kappa shape index (κ3) is 3.77. The van der Waals surface area contributed by atoms with Gasteiger partial charge in [0.2, 0.25) is 0 Å². The number of amides is 1. The lowest BCUT2D eigenvalue weighted by Gasteiger charge is -2.26. The maximum atomic E-state index is 13.3. The van der Waals surface area contributed by atoms with Crippen molar-refractivity contribution in [2.75, 3.05) is 7.11 Å². The number of para-hydroxylation sites is 1. The lowest BCUT2D eigenvalue weighted by molar-refractivity contribution is -0.140. The van der Waals surface area contributed by atoms with Crippen molar-refractivity contribution in [2.24, 2.45) is 0 Å². The average molecular weight is 418 g/mol. The topological polar surface area (TPSA) is 79.7 Å². The highest BCUT2D eigenvalue weighted by Crippen LogP contribution is 2.40. The van der Waals surface area contributed by atoms with Crippen molar-refractivity contribution in [2.45, 2.75) is 12.6 Å². The molecule has 1 amide bonds. The van der Waals surface area contributed by atoms with Crippen LogP contribution in [-0.4, -0.2) is 33.8 Å². The highest BCUT2D eigenvalue weighted by molar-refractivity contribution is 6.46. The Hall–Kier alpha value is -4.00. The number of halogens is 1. The Labute approximate surface area is 178 Å². The molecular formula is C24H19FN2O4. The second-order valence-corrected chi connectivity index (χ2v) is 7.03. The molecule has 1 fully saturated rings. The Morgan fingerprint density at radius 3 is 2.42 bits per heavy atom. The van der Waals surface area contributed by atoms with Crippen LogP contribution in [0.15, 0.2) is 78.6 Å². The number of aliphatic hydroxyl groups is 1. The predicted octanol–water partition coefficient (Wildman–Crippen LogP) is 3.85. The van der Waals surface area contributed by atoms with Crippen molar-refractivity contribution in [1.82, 2.24) is 9.88 Å². The Morgan fingerprint density at radius 1 is 1.06 bits per heavy atom. The molecule has 0 saturated carbocycles. The van der Waals surface area contributed by atoms with Crippen LogP contribution in [0.3, 0.4) is 0 Å². The van der Waals surface area contributed by atoms with Crippen LogP contribution < -0.4 is 4.74 Å². The summed E-state index contributed by atoms with van der Waals surface area (Å²) < 4.78 is 18.7. The quantitative estimate of drug-likeness (QED) is 0.387. The number of likely N-dealkylation sites (tertiary alicyclic amines) is 1. The Bertz CT molecular complexity index is 1160. The van der Waals surface area contributed by atoms with E-state index < -0.39 is 23.5 Å². The van der Waals surface area contributed by atoms with Gasteiger partial charge in [-0.15, -0.1) is 0 Å². The van der Waals surface area contributed by atoms with Crippen molar-refractivity contribution in [3.63, 3.8) is 0 Å². The molecule has 0 radical (unpaired) electrons. The number of benzene rings is 2. The molecule has 4 rings (SSSR count). The summed E-state index contributed by atoms with van der Waals surface area (Å²) in [6.45, 7) is 0.0990. The molecule has 156 valence electrons. The van der Waals surface area contributed by atoms with E-state index in [1.54, 1.807) is 30.6 Å². The van der Waals surface area contributed by atoms with Gasteiger partial charge < -0.3 is 14.7 Å². The van der Waals surface area contributed by atoms with Gasteiger partial charge in [0.15, 0.2) is 0 Å². The summed E-state index contributed by atoms with van der Waals surface area (Å²) in [5.74, 6) is -1.80. The summed E-state index contributed by atoms with van der Waals surface area (Å²) in [5.41, 5.74) is 1.52. The number of pyridine rings is 1. The summed E-state index contributed by atoms with van der Waals surface area (Å²) in [6, 6.07) is 14.8. The summed E-state index contributed by atoms with van der Waals surface area (Å²) in [4.78, 5) is 31.4. The molecule has 1 aliphatic rings. The van der Waals surface area contributed by atoms with Gasteiger partial charge in [-0.2, -0.15) is 0 Å². The number of ketones is 1. The highest BCUT2D eigenvalue weighted by atomic mass is 19.1. The van der Waals surface area contributed by atoms with Gasteiger partial charge in [0.05, 0.1) is 25.3 Å². The van der Waals surface area contributed by atoms with E-state index >= 15 is 0 Å². The zero-order chi connectivity index (χ0) is 22.0. The molecule has 0 bridgehead atoms. The normalized spacial score (nSPS) is 17.7. The van der Waals surface area contributed by atoms with Crippen molar-refractivity contribution < 1.29 is 23.8 Å².